The van der Waals surface area contributed by atoms with Gasteiger partial charge in [0.15, 0.2) is 0 Å². The fourth-order valence-electron chi connectivity index (χ4n) is 1.74. The van der Waals surface area contributed by atoms with Crippen molar-refractivity contribution in [1.82, 2.24) is 0 Å². The van der Waals surface area contributed by atoms with Gasteiger partial charge in [-0.25, -0.2) is 0 Å². The van der Waals surface area contributed by atoms with E-state index in [1.54, 1.807) is 18.2 Å². The molecule has 0 radical (unpaired) electrons. The molecule has 2 rings (SSSR count). The van der Waals surface area contributed by atoms with Gasteiger partial charge in [-0.05, 0) is 23.8 Å². The molecule has 5 heteroatoms. The van der Waals surface area contributed by atoms with Gasteiger partial charge in [-0.3, -0.25) is 0 Å². The average molecular weight is 340 g/mol. The molecular weight excluding hydrogens is 333 g/mol. The molecule has 0 spiro atoms. The highest BCUT2D eigenvalue weighted by Crippen LogP contribution is 2.42. The van der Waals surface area contributed by atoms with E-state index in [0.717, 1.165) is 11.1 Å². The van der Waals surface area contributed by atoms with Crippen LogP contribution >= 0.6 is 58.0 Å². The molecule has 0 bridgehead atoms. The molecule has 94 valence electrons. The summed E-state index contributed by atoms with van der Waals surface area (Å²) in [7, 11) is 0. The summed E-state index contributed by atoms with van der Waals surface area (Å²) in [6.45, 7) is 0. The van der Waals surface area contributed by atoms with E-state index in [4.69, 9.17) is 58.0 Å². The molecule has 0 saturated carbocycles. The van der Waals surface area contributed by atoms with Crippen molar-refractivity contribution in [2.24, 2.45) is 0 Å². The van der Waals surface area contributed by atoms with Crippen LogP contribution in [0.1, 0.15) is 5.56 Å². The summed E-state index contributed by atoms with van der Waals surface area (Å²) in [5, 5.41) is 1.94. The Morgan fingerprint density at radius 2 is 1.39 bits per heavy atom. The van der Waals surface area contributed by atoms with Crippen LogP contribution in [-0.4, -0.2) is 0 Å². The molecule has 0 fully saturated rings. The van der Waals surface area contributed by atoms with Crippen LogP contribution in [0.5, 0.6) is 0 Å². The highest BCUT2D eigenvalue weighted by Gasteiger charge is 2.16. The molecule has 2 aromatic rings. The lowest BCUT2D eigenvalue weighted by atomic mass is 10.0. The van der Waals surface area contributed by atoms with Gasteiger partial charge in [0.2, 0.25) is 0 Å². The summed E-state index contributed by atoms with van der Waals surface area (Å²) in [5.74, 6) is 0.325. The Kier molecular flexibility index (Phi) is 4.69. The molecule has 0 aromatic heterocycles. The third-order valence-electron chi connectivity index (χ3n) is 2.50. The van der Waals surface area contributed by atoms with Gasteiger partial charge in [0, 0.05) is 27.1 Å². The summed E-state index contributed by atoms with van der Waals surface area (Å²) in [6, 6.07) is 8.75. The SMILES string of the molecule is ClCc1cccc(Cl)c1-c1c(Cl)cc(Cl)cc1Cl. The first-order chi connectivity index (χ1) is 8.54. The maximum absolute atomic E-state index is 6.22. The standard InChI is InChI=1S/C13H7Cl5/c14-6-7-2-1-3-9(16)12(7)13-10(17)4-8(15)5-11(13)18/h1-5H,6H2. The van der Waals surface area contributed by atoms with Crippen molar-refractivity contribution in [3.63, 3.8) is 0 Å². The van der Waals surface area contributed by atoms with E-state index in [-0.39, 0.29) is 0 Å². The fourth-order valence-corrected chi connectivity index (χ4v) is 3.26. The van der Waals surface area contributed by atoms with E-state index >= 15 is 0 Å². The minimum Gasteiger partial charge on any atom is -0.122 e. The number of benzene rings is 2. The first-order valence-corrected chi connectivity index (χ1v) is 7.07. The summed E-state index contributed by atoms with van der Waals surface area (Å²) in [4.78, 5) is 0. The monoisotopic (exact) mass is 338 g/mol. The number of hydrogen-bond donors (Lipinski definition) is 0. The fraction of sp³-hybridized carbons (Fsp3) is 0.0769. The highest BCUT2D eigenvalue weighted by molar-refractivity contribution is 6.43. The van der Waals surface area contributed by atoms with Crippen molar-refractivity contribution < 1.29 is 0 Å². The maximum Gasteiger partial charge on any atom is 0.0514 e. The molecule has 2 aromatic carbocycles. The summed E-state index contributed by atoms with van der Waals surface area (Å²) >= 11 is 30.4. The van der Waals surface area contributed by atoms with E-state index in [1.165, 1.54) is 0 Å². The smallest absolute Gasteiger partial charge is 0.0514 e. The molecular formula is C13H7Cl5. The Hall–Kier alpha value is -0.110. The predicted octanol–water partition coefficient (Wildman–Crippen LogP) is 6.71. The van der Waals surface area contributed by atoms with Crippen LogP contribution in [0.15, 0.2) is 30.3 Å². The third kappa shape index (κ3) is 2.74. The zero-order chi connectivity index (χ0) is 13.3. The number of halogens is 5. The van der Waals surface area contributed by atoms with Crippen LogP contribution in [0, 0.1) is 0 Å². The molecule has 0 aliphatic carbocycles. The van der Waals surface area contributed by atoms with E-state index in [1.807, 2.05) is 12.1 Å². The zero-order valence-corrected chi connectivity index (χ0v) is 12.8. The van der Waals surface area contributed by atoms with Gasteiger partial charge in [-0.1, -0.05) is 58.5 Å². The lowest BCUT2D eigenvalue weighted by Gasteiger charge is -2.13. The van der Waals surface area contributed by atoms with Crippen molar-refractivity contribution in [3.05, 3.63) is 56.0 Å². The molecule has 18 heavy (non-hydrogen) atoms. The molecule has 0 heterocycles. The van der Waals surface area contributed by atoms with Crippen molar-refractivity contribution in [1.29, 1.82) is 0 Å². The Morgan fingerprint density at radius 3 is 1.94 bits per heavy atom. The summed E-state index contributed by atoms with van der Waals surface area (Å²) in [6.07, 6.45) is 0. The number of hydrogen-bond acceptors (Lipinski definition) is 0. The van der Waals surface area contributed by atoms with E-state index in [0.29, 0.717) is 31.5 Å². The molecule has 0 amide bonds. The van der Waals surface area contributed by atoms with Crippen molar-refractivity contribution >= 4 is 58.0 Å². The van der Waals surface area contributed by atoms with Crippen LogP contribution in [-0.2, 0) is 5.88 Å². The molecule has 0 N–H and O–H groups in total. The molecule has 0 unspecified atom stereocenters. The quantitative estimate of drug-likeness (QED) is 0.533. The highest BCUT2D eigenvalue weighted by atomic mass is 35.5. The second-order valence-electron chi connectivity index (χ2n) is 3.65. The van der Waals surface area contributed by atoms with Gasteiger partial charge in [0.05, 0.1) is 10.0 Å². The Balaban J connectivity index is 2.77. The largest absolute Gasteiger partial charge is 0.122 e. The van der Waals surface area contributed by atoms with E-state index in [2.05, 4.69) is 0 Å². The first kappa shape index (κ1) is 14.3. The normalized spacial score (nSPS) is 10.7. The lowest BCUT2D eigenvalue weighted by molar-refractivity contribution is 1.40. The van der Waals surface area contributed by atoms with Gasteiger partial charge >= 0.3 is 0 Å². The molecule has 0 atom stereocenters. The first-order valence-electron chi connectivity index (χ1n) is 5.03. The number of rotatable bonds is 2. The van der Waals surface area contributed by atoms with Gasteiger partial charge in [-0.2, -0.15) is 0 Å². The zero-order valence-electron chi connectivity index (χ0n) is 8.98. The van der Waals surface area contributed by atoms with Crippen LogP contribution in [0.4, 0.5) is 0 Å². The Morgan fingerprint density at radius 1 is 0.778 bits per heavy atom. The van der Waals surface area contributed by atoms with Crippen molar-refractivity contribution in [2.45, 2.75) is 5.88 Å². The Labute approximate surface area is 130 Å². The van der Waals surface area contributed by atoms with Crippen molar-refractivity contribution in [3.8, 4) is 11.1 Å². The number of alkyl halides is 1. The molecule has 0 saturated heterocycles. The van der Waals surface area contributed by atoms with Gasteiger partial charge in [0.1, 0.15) is 0 Å². The summed E-state index contributed by atoms with van der Waals surface area (Å²) < 4.78 is 0. The van der Waals surface area contributed by atoms with Gasteiger partial charge < -0.3 is 0 Å². The maximum atomic E-state index is 6.22. The minimum atomic E-state index is 0.325. The molecule has 0 nitrogen and oxygen atoms in total. The topological polar surface area (TPSA) is 0 Å². The predicted molar refractivity (Wildman–Crippen MR) is 81.5 cm³/mol. The molecule has 0 aliphatic heterocycles. The van der Waals surface area contributed by atoms with E-state index in [9.17, 15) is 0 Å². The second-order valence-corrected chi connectivity index (χ2v) is 5.58. The third-order valence-corrected chi connectivity index (χ3v) is 3.92. The van der Waals surface area contributed by atoms with Gasteiger partial charge in [0.25, 0.3) is 0 Å². The van der Waals surface area contributed by atoms with Crippen LogP contribution < -0.4 is 0 Å². The van der Waals surface area contributed by atoms with Gasteiger partial charge in [-0.15, -0.1) is 11.6 Å². The molecule has 0 aliphatic rings. The van der Waals surface area contributed by atoms with Crippen molar-refractivity contribution in [2.75, 3.05) is 0 Å². The minimum absolute atomic E-state index is 0.325. The second kappa shape index (κ2) is 5.90. The average Bonchev–Trinajstić information content (AvgIpc) is 2.29. The van der Waals surface area contributed by atoms with Crippen LogP contribution in [0.2, 0.25) is 20.1 Å². The van der Waals surface area contributed by atoms with Crippen LogP contribution in [0.25, 0.3) is 11.1 Å². The van der Waals surface area contributed by atoms with E-state index < -0.39 is 0 Å². The lowest BCUT2D eigenvalue weighted by Crippen LogP contribution is -1.90. The summed E-state index contributed by atoms with van der Waals surface area (Å²) in [5.41, 5.74) is 2.28. The Bertz CT molecular complexity index is 569. The van der Waals surface area contributed by atoms with Crippen LogP contribution in [0.3, 0.4) is 0 Å².